The standard InChI is InChI=1S/C8H17FS/c1-8(2)10-7-5-3-4-6-9/h8H,3-7H2,1-2H3. The summed E-state index contributed by atoms with van der Waals surface area (Å²) in [5.74, 6) is 1.19. The molecule has 0 unspecified atom stereocenters. The van der Waals surface area contributed by atoms with Crippen molar-refractivity contribution in [3.63, 3.8) is 0 Å². The minimum absolute atomic E-state index is 0.146. The Morgan fingerprint density at radius 1 is 1.20 bits per heavy atom. The van der Waals surface area contributed by atoms with E-state index in [1.807, 2.05) is 11.8 Å². The van der Waals surface area contributed by atoms with E-state index in [2.05, 4.69) is 13.8 Å². The lowest BCUT2D eigenvalue weighted by atomic mass is 10.3. The zero-order valence-corrected chi connectivity index (χ0v) is 7.72. The summed E-state index contributed by atoms with van der Waals surface area (Å²) >= 11 is 1.96. The van der Waals surface area contributed by atoms with Gasteiger partial charge in [0.1, 0.15) is 0 Å². The molecular formula is C8H17FS. The molecule has 0 bridgehead atoms. The molecule has 0 aliphatic carbocycles. The van der Waals surface area contributed by atoms with E-state index in [1.54, 1.807) is 0 Å². The first kappa shape index (κ1) is 10.3. The molecule has 0 fully saturated rings. The molecule has 0 saturated carbocycles. The maximum atomic E-state index is 11.6. The average molecular weight is 164 g/mol. The highest BCUT2D eigenvalue weighted by Crippen LogP contribution is 2.11. The van der Waals surface area contributed by atoms with Crippen LogP contribution in [0.25, 0.3) is 0 Å². The van der Waals surface area contributed by atoms with E-state index in [9.17, 15) is 4.39 Å². The molecule has 0 heterocycles. The molecule has 0 atom stereocenters. The molecule has 0 saturated heterocycles. The van der Waals surface area contributed by atoms with Crippen molar-refractivity contribution in [3.8, 4) is 0 Å². The Hall–Kier alpha value is 0.280. The van der Waals surface area contributed by atoms with Crippen LogP contribution >= 0.6 is 11.8 Å². The maximum absolute atomic E-state index is 11.6. The van der Waals surface area contributed by atoms with Crippen LogP contribution in [-0.2, 0) is 0 Å². The largest absolute Gasteiger partial charge is 0.251 e. The lowest BCUT2D eigenvalue weighted by molar-refractivity contribution is 0.460. The van der Waals surface area contributed by atoms with Gasteiger partial charge in [-0.05, 0) is 23.8 Å². The van der Waals surface area contributed by atoms with E-state index in [0.717, 1.165) is 18.1 Å². The monoisotopic (exact) mass is 164 g/mol. The first-order valence-corrected chi connectivity index (χ1v) is 5.00. The second-order valence-electron chi connectivity index (χ2n) is 2.67. The fourth-order valence-electron chi connectivity index (χ4n) is 0.692. The van der Waals surface area contributed by atoms with Gasteiger partial charge >= 0.3 is 0 Å². The highest BCUT2D eigenvalue weighted by Gasteiger charge is 1.93. The predicted octanol–water partition coefficient (Wildman–Crippen LogP) is 3.27. The number of hydrogen-bond donors (Lipinski definition) is 0. The second-order valence-corrected chi connectivity index (χ2v) is 4.35. The van der Waals surface area contributed by atoms with Gasteiger partial charge in [-0.2, -0.15) is 11.8 Å². The van der Waals surface area contributed by atoms with Crippen molar-refractivity contribution in [2.24, 2.45) is 0 Å². The summed E-state index contributed by atoms with van der Waals surface area (Å²) in [5, 5.41) is 0.727. The highest BCUT2D eigenvalue weighted by molar-refractivity contribution is 7.99. The Morgan fingerprint density at radius 3 is 2.40 bits per heavy atom. The van der Waals surface area contributed by atoms with Crippen molar-refractivity contribution in [1.82, 2.24) is 0 Å². The van der Waals surface area contributed by atoms with Crippen molar-refractivity contribution < 1.29 is 4.39 Å². The number of rotatable bonds is 6. The number of halogens is 1. The van der Waals surface area contributed by atoms with Gasteiger partial charge in [-0.3, -0.25) is 4.39 Å². The van der Waals surface area contributed by atoms with Crippen molar-refractivity contribution in [1.29, 1.82) is 0 Å². The van der Waals surface area contributed by atoms with Crippen LogP contribution in [-0.4, -0.2) is 17.7 Å². The van der Waals surface area contributed by atoms with Gasteiger partial charge in [-0.1, -0.05) is 20.3 Å². The van der Waals surface area contributed by atoms with Gasteiger partial charge in [0.25, 0.3) is 0 Å². The van der Waals surface area contributed by atoms with Crippen LogP contribution in [0.5, 0.6) is 0 Å². The molecule has 0 amide bonds. The Balaban J connectivity index is 2.77. The van der Waals surface area contributed by atoms with Crippen LogP contribution < -0.4 is 0 Å². The van der Waals surface area contributed by atoms with E-state index in [1.165, 1.54) is 12.2 Å². The van der Waals surface area contributed by atoms with Gasteiger partial charge in [0.15, 0.2) is 0 Å². The lowest BCUT2D eigenvalue weighted by Gasteiger charge is -2.02. The molecule has 0 aromatic carbocycles. The number of alkyl halides is 1. The summed E-state index contributed by atoms with van der Waals surface area (Å²) in [7, 11) is 0. The van der Waals surface area contributed by atoms with E-state index >= 15 is 0 Å². The molecule has 0 radical (unpaired) electrons. The molecule has 0 aliphatic rings. The van der Waals surface area contributed by atoms with E-state index in [-0.39, 0.29) is 6.67 Å². The third-order valence-electron chi connectivity index (χ3n) is 1.23. The van der Waals surface area contributed by atoms with Crippen LogP contribution in [0.3, 0.4) is 0 Å². The first-order chi connectivity index (χ1) is 4.77. The molecule has 0 rings (SSSR count). The van der Waals surface area contributed by atoms with Crippen LogP contribution in [0, 0.1) is 0 Å². The van der Waals surface area contributed by atoms with Crippen molar-refractivity contribution >= 4 is 11.8 Å². The Morgan fingerprint density at radius 2 is 1.90 bits per heavy atom. The number of thioether (sulfide) groups is 1. The molecule has 0 aromatic heterocycles. The van der Waals surface area contributed by atoms with Gasteiger partial charge in [-0.25, -0.2) is 0 Å². The summed E-state index contributed by atoms with van der Waals surface area (Å²) in [6, 6.07) is 0. The molecule has 10 heavy (non-hydrogen) atoms. The topological polar surface area (TPSA) is 0 Å². The predicted molar refractivity (Wildman–Crippen MR) is 47.4 cm³/mol. The SMILES string of the molecule is CC(C)SCCCCCF. The zero-order chi connectivity index (χ0) is 7.82. The smallest absolute Gasteiger partial charge is 0.0894 e. The van der Waals surface area contributed by atoms with E-state index in [0.29, 0.717) is 0 Å². The molecule has 0 aliphatic heterocycles. The average Bonchev–Trinajstić information content (AvgIpc) is 1.87. The Kier molecular flexibility index (Phi) is 7.59. The normalized spacial score (nSPS) is 10.8. The first-order valence-electron chi connectivity index (χ1n) is 3.95. The summed E-state index contributed by atoms with van der Waals surface area (Å²) in [4.78, 5) is 0. The van der Waals surface area contributed by atoms with Gasteiger partial charge in [0, 0.05) is 0 Å². The minimum atomic E-state index is -0.146. The maximum Gasteiger partial charge on any atom is 0.0894 e. The Bertz CT molecular complexity index is 64.3. The van der Waals surface area contributed by atoms with Crippen molar-refractivity contribution in [3.05, 3.63) is 0 Å². The number of hydrogen-bond acceptors (Lipinski definition) is 1. The number of unbranched alkanes of at least 4 members (excludes halogenated alkanes) is 2. The summed E-state index contributed by atoms with van der Waals surface area (Å²) in [6.45, 7) is 4.24. The van der Waals surface area contributed by atoms with Crippen molar-refractivity contribution in [2.45, 2.75) is 38.4 Å². The van der Waals surface area contributed by atoms with Crippen LogP contribution in [0.2, 0.25) is 0 Å². The lowest BCUT2D eigenvalue weighted by Crippen LogP contribution is -1.89. The van der Waals surface area contributed by atoms with Gasteiger partial charge in [0.05, 0.1) is 6.67 Å². The molecule has 0 aromatic rings. The fourth-order valence-corrected chi connectivity index (χ4v) is 1.53. The van der Waals surface area contributed by atoms with Crippen LogP contribution in [0.1, 0.15) is 33.1 Å². The quantitative estimate of drug-likeness (QED) is 0.543. The molecule has 0 nitrogen and oxygen atoms in total. The van der Waals surface area contributed by atoms with Gasteiger partial charge in [-0.15, -0.1) is 0 Å². The molecular weight excluding hydrogens is 147 g/mol. The van der Waals surface area contributed by atoms with Gasteiger partial charge < -0.3 is 0 Å². The Labute approximate surface area is 67.6 Å². The zero-order valence-electron chi connectivity index (χ0n) is 6.90. The van der Waals surface area contributed by atoms with Crippen LogP contribution in [0.4, 0.5) is 4.39 Å². The summed E-state index contributed by atoms with van der Waals surface area (Å²) in [6.07, 6.45) is 2.97. The van der Waals surface area contributed by atoms with E-state index < -0.39 is 0 Å². The van der Waals surface area contributed by atoms with Gasteiger partial charge in [0.2, 0.25) is 0 Å². The molecule has 0 N–H and O–H groups in total. The molecule has 0 spiro atoms. The van der Waals surface area contributed by atoms with E-state index in [4.69, 9.17) is 0 Å². The molecule has 62 valence electrons. The third kappa shape index (κ3) is 8.28. The van der Waals surface area contributed by atoms with Crippen molar-refractivity contribution in [2.75, 3.05) is 12.4 Å². The second kappa shape index (κ2) is 7.39. The van der Waals surface area contributed by atoms with Crippen LogP contribution in [0.15, 0.2) is 0 Å². The highest BCUT2D eigenvalue weighted by atomic mass is 32.2. The fraction of sp³-hybridized carbons (Fsp3) is 1.00. The summed E-state index contributed by atoms with van der Waals surface area (Å²) < 4.78 is 11.6. The minimum Gasteiger partial charge on any atom is -0.251 e. The summed E-state index contributed by atoms with van der Waals surface area (Å²) in [5.41, 5.74) is 0. The third-order valence-corrected chi connectivity index (χ3v) is 2.42. The molecule has 2 heteroatoms.